The largest absolute Gasteiger partial charge is 0.480 e. The van der Waals surface area contributed by atoms with Crippen molar-refractivity contribution in [2.75, 3.05) is 6.61 Å². The predicted octanol–water partition coefficient (Wildman–Crippen LogP) is 3.62. The van der Waals surface area contributed by atoms with Crippen LogP contribution in [0.25, 0.3) is 11.1 Å². The van der Waals surface area contributed by atoms with E-state index in [1.807, 2.05) is 42.5 Å². The predicted molar refractivity (Wildman–Crippen MR) is 128 cm³/mol. The summed E-state index contributed by atoms with van der Waals surface area (Å²) in [6, 6.07) is 15.0. The first kappa shape index (κ1) is 23.2. The first-order valence-corrected chi connectivity index (χ1v) is 11.1. The number of hydrogen-bond donors (Lipinski definition) is 3. The third-order valence-corrected chi connectivity index (χ3v) is 6.05. The number of carbonyl (C=O) groups is 3. The Morgan fingerprint density at radius 2 is 1.71 bits per heavy atom. The van der Waals surface area contributed by atoms with Crippen molar-refractivity contribution in [2.45, 2.75) is 44.2 Å². The molecule has 0 aromatic heterocycles. The number of nitrogens with one attached hydrogen (secondary N) is 2. The van der Waals surface area contributed by atoms with E-state index >= 15 is 0 Å². The van der Waals surface area contributed by atoms with Gasteiger partial charge in [-0.15, -0.1) is 0 Å². The summed E-state index contributed by atoms with van der Waals surface area (Å²) < 4.78 is 5.56. The van der Waals surface area contributed by atoms with Crippen molar-refractivity contribution in [3.05, 3.63) is 71.4 Å². The molecule has 34 heavy (non-hydrogen) atoms. The van der Waals surface area contributed by atoms with Crippen molar-refractivity contribution in [1.29, 1.82) is 0 Å². The minimum atomic E-state index is -1.49. The van der Waals surface area contributed by atoms with Crippen LogP contribution < -0.4 is 10.6 Å². The van der Waals surface area contributed by atoms with E-state index in [4.69, 9.17) is 4.74 Å². The quantitative estimate of drug-likeness (QED) is 0.555. The Labute approximate surface area is 197 Å². The summed E-state index contributed by atoms with van der Waals surface area (Å²) in [5.41, 5.74) is 3.55. The topological polar surface area (TPSA) is 117 Å². The molecule has 1 atom stereocenters. The third kappa shape index (κ3) is 4.85. The highest BCUT2D eigenvalue weighted by molar-refractivity contribution is 5.91. The van der Waals surface area contributed by atoms with Gasteiger partial charge in [-0.1, -0.05) is 54.6 Å². The molecule has 1 aliphatic heterocycles. The number of nitrogens with zero attached hydrogens (tertiary/aromatic N) is 1. The summed E-state index contributed by atoms with van der Waals surface area (Å²) in [5, 5.41) is 14.4. The molecule has 0 spiro atoms. The molecule has 2 amide bonds. The SMILES string of the molecule is CC(C)(NC(=O)[C@H](CC1=CCC=N1)NC(=O)OCC1c2ccccc2-c2ccccc21)C(=O)O. The van der Waals surface area contributed by atoms with Crippen LogP contribution in [-0.2, 0) is 14.3 Å². The van der Waals surface area contributed by atoms with Gasteiger partial charge in [-0.3, -0.25) is 9.79 Å². The highest BCUT2D eigenvalue weighted by atomic mass is 16.5. The minimum Gasteiger partial charge on any atom is -0.480 e. The van der Waals surface area contributed by atoms with Crippen molar-refractivity contribution in [2.24, 2.45) is 4.99 Å². The molecule has 0 unspecified atom stereocenters. The van der Waals surface area contributed by atoms with Gasteiger partial charge in [0.05, 0.1) is 0 Å². The highest BCUT2D eigenvalue weighted by Gasteiger charge is 2.34. The average molecular weight is 462 g/mol. The average Bonchev–Trinajstić information content (AvgIpc) is 3.43. The van der Waals surface area contributed by atoms with Gasteiger partial charge >= 0.3 is 12.1 Å². The maximum absolute atomic E-state index is 12.9. The standard InChI is InChI=1S/C26H27N3O5/c1-26(2,24(31)32)29-23(30)22(14-16-8-7-13-27-16)28-25(33)34-15-21-19-11-5-3-9-17(19)18-10-4-6-12-20(18)21/h3-6,8-13,21-22H,7,14-15H2,1-2H3,(H,28,33)(H,29,30)(H,31,32)/t22-/m0/s1. The third-order valence-electron chi connectivity index (χ3n) is 6.05. The molecule has 2 aromatic carbocycles. The van der Waals surface area contributed by atoms with Crippen LogP contribution >= 0.6 is 0 Å². The zero-order chi connectivity index (χ0) is 24.3. The Bertz CT molecular complexity index is 1140. The van der Waals surface area contributed by atoms with Crippen LogP contribution in [0.3, 0.4) is 0 Å². The van der Waals surface area contributed by atoms with E-state index < -0.39 is 29.6 Å². The fraction of sp³-hybridized carbons (Fsp3) is 0.308. The number of allylic oxidation sites excluding steroid dienone is 1. The van der Waals surface area contributed by atoms with Crippen LogP contribution in [0.15, 0.2) is 65.3 Å². The molecular formula is C26H27N3O5. The number of aliphatic carboxylic acids is 1. The Morgan fingerprint density at radius 3 is 2.26 bits per heavy atom. The summed E-state index contributed by atoms with van der Waals surface area (Å²) in [5.74, 6) is -1.92. The van der Waals surface area contributed by atoms with Crippen molar-refractivity contribution in [3.63, 3.8) is 0 Å². The molecular weight excluding hydrogens is 434 g/mol. The second-order valence-electron chi connectivity index (χ2n) is 8.89. The van der Waals surface area contributed by atoms with E-state index in [1.165, 1.54) is 13.8 Å². The van der Waals surface area contributed by atoms with Gasteiger partial charge in [-0.25, -0.2) is 9.59 Å². The number of hydrogen-bond acceptors (Lipinski definition) is 5. The van der Waals surface area contributed by atoms with Crippen LogP contribution in [0, 0.1) is 0 Å². The molecule has 2 aliphatic rings. The first-order valence-electron chi connectivity index (χ1n) is 11.1. The van der Waals surface area contributed by atoms with Gasteiger partial charge in [0.15, 0.2) is 0 Å². The molecule has 3 N–H and O–H groups in total. The van der Waals surface area contributed by atoms with Crippen molar-refractivity contribution < 1.29 is 24.2 Å². The lowest BCUT2D eigenvalue weighted by atomic mass is 9.98. The van der Waals surface area contributed by atoms with Gasteiger partial charge in [0.25, 0.3) is 0 Å². The lowest BCUT2D eigenvalue weighted by molar-refractivity contribution is -0.146. The van der Waals surface area contributed by atoms with E-state index in [2.05, 4.69) is 27.8 Å². The zero-order valence-electron chi connectivity index (χ0n) is 19.1. The molecule has 0 fully saturated rings. The van der Waals surface area contributed by atoms with E-state index in [1.54, 1.807) is 6.21 Å². The number of ether oxygens (including phenoxy) is 1. The van der Waals surface area contributed by atoms with Crippen molar-refractivity contribution >= 4 is 24.2 Å². The number of carbonyl (C=O) groups excluding carboxylic acids is 2. The Balaban J connectivity index is 1.45. The number of carboxylic acid groups (broad SMARTS) is 1. The number of amides is 2. The summed E-state index contributed by atoms with van der Waals surface area (Å²) in [6.07, 6.45) is 3.58. The summed E-state index contributed by atoms with van der Waals surface area (Å²) in [4.78, 5) is 41.2. The Morgan fingerprint density at radius 1 is 1.09 bits per heavy atom. The van der Waals surface area contributed by atoms with E-state index in [-0.39, 0.29) is 18.9 Å². The number of rotatable bonds is 8. The zero-order valence-corrected chi connectivity index (χ0v) is 19.1. The van der Waals surface area contributed by atoms with E-state index in [9.17, 15) is 19.5 Å². The first-order chi connectivity index (χ1) is 16.3. The summed E-state index contributed by atoms with van der Waals surface area (Å²) >= 11 is 0. The Kier molecular flexibility index (Phi) is 6.49. The van der Waals surface area contributed by atoms with E-state index in [0.29, 0.717) is 12.1 Å². The van der Waals surface area contributed by atoms with Crippen LogP contribution in [0.5, 0.6) is 0 Å². The molecule has 2 aromatic rings. The lowest BCUT2D eigenvalue weighted by Gasteiger charge is -2.25. The van der Waals surface area contributed by atoms with Gasteiger partial charge in [-0.05, 0) is 36.1 Å². The molecule has 0 saturated heterocycles. The van der Waals surface area contributed by atoms with E-state index in [0.717, 1.165) is 22.3 Å². The molecule has 1 heterocycles. The van der Waals surface area contributed by atoms with Crippen molar-refractivity contribution in [1.82, 2.24) is 10.6 Å². The maximum atomic E-state index is 12.9. The normalized spacial score (nSPS) is 15.2. The van der Waals surface area contributed by atoms with Crippen molar-refractivity contribution in [3.8, 4) is 11.1 Å². The second-order valence-corrected chi connectivity index (χ2v) is 8.89. The molecule has 4 rings (SSSR count). The molecule has 8 heteroatoms. The van der Waals surface area contributed by atoms with Gasteiger partial charge in [0.1, 0.15) is 18.2 Å². The van der Waals surface area contributed by atoms with Gasteiger partial charge in [0, 0.05) is 30.7 Å². The number of carboxylic acids is 1. The second kappa shape index (κ2) is 9.51. The number of alkyl carbamates (subject to hydrolysis) is 1. The highest BCUT2D eigenvalue weighted by Crippen LogP contribution is 2.44. The van der Waals surface area contributed by atoms with Crippen LogP contribution in [-0.4, -0.2) is 47.5 Å². The monoisotopic (exact) mass is 461 g/mol. The van der Waals surface area contributed by atoms with Crippen LogP contribution in [0.2, 0.25) is 0 Å². The van der Waals surface area contributed by atoms with Crippen LogP contribution in [0.4, 0.5) is 4.79 Å². The molecule has 0 radical (unpaired) electrons. The molecule has 1 aliphatic carbocycles. The Hall–Kier alpha value is -3.94. The van der Waals surface area contributed by atoms with Gasteiger partial charge < -0.3 is 20.5 Å². The number of benzene rings is 2. The fourth-order valence-corrected chi connectivity index (χ4v) is 4.20. The maximum Gasteiger partial charge on any atom is 0.407 e. The summed E-state index contributed by atoms with van der Waals surface area (Å²) in [6.45, 7) is 2.87. The lowest BCUT2D eigenvalue weighted by Crippen LogP contribution is -2.56. The number of fused-ring (bicyclic) bond motifs is 3. The molecule has 0 saturated carbocycles. The van der Waals surface area contributed by atoms with Gasteiger partial charge in [0.2, 0.25) is 5.91 Å². The van der Waals surface area contributed by atoms with Gasteiger partial charge in [-0.2, -0.15) is 0 Å². The van der Waals surface area contributed by atoms with Crippen LogP contribution in [0.1, 0.15) is 43.7 Å². The fourth-order valence-electron chi connectivity index (χ4n) is 4.20. The molecule has 0 bridgehead atoms. The minimum absolute atomic E-state index is 0.107. The molecule has 176 valence electrons. The smallest absolute Gasteiger partial charge is 0.407 e. The molecule has 8 nitrogen and oxygen atoms in total. The number of aliphatic imine (C=N–C) groups is 1. The summed E-state index contributed by atoms with van der Waals surface area (Å²) in [7, 11) is 0.